The van der Waals surface area contributed by atoms with Crippen molar-refractivity contribution in [2.45, 2.75) is 33.4 Å². The van der Waals surface area contributed by atoms with Crippen molar-refractivity contribution in [3.05, 3.63) is 15.9 Å². The zero-order valence-corrected chi connectivity index (χ0v) is 11.0. The number of rotatable bonds is 5. The molecule has 0 aliphatic carbocycles. The highest BCUT2D eigenvalue weighted by Crippen LogP contribution is 2.19. The Balaban J connectivity index is 2.74. The van der Waals surface area contributed by atoms with Crippen molar-refractivity contribution in [3.63, 3.8) is 0 Å². The van der Waals surface area contributed by atoms with Gasteiger partial charge in [-0.3, -0.25) is 4.68 Å². The van der Waals surface area contributed by atoms with E-state index in [-0.39, 0.29) is 12.6 Å². The topological polar surface area (TPSA) is 50.1 Å². The summed E-state index contributed by atoms with van der Waals surface area (Å²) < 4.78 is 2.97. The van der Waals surface area contributed by atoms with E-state index in [1.807, 2.05) is 25.5 Å². The van der Waals surface area contributed by atoms with Crippen molar-refractivity contribution in [1.82, 2.24) is 15.1 Å². The summed E-state index contributed by atoms with van der Waals surface area (Å²) in [6, 6.07) is 0.0694. The lowest BCUT2D eigenvalue weighted by Gasteiger charge is -2.15. The molecule has 1 unspecified atom stereocenters. The van der Waals surface area contributed by atoms with E-state index in [9.17, 15) is 5.11 Å². The Labute approximate surface area is 98.8 Å². The first-order valence-electron chi connectivity index (χ1n) is 5.13. The van der Waals surface area contributed by atoms with Crippen molar-refractivity contribution < 1.29 is 5.11 Å². The van der Waals surface area contributed by atoms with Crippen LogP contribution in [-0.4, -0.2) is 34.1 Å². The highest BCUT2D eigenvalue weighted by molar-refractivity contribution is 9.10. The molecule has 0 bridgehead atoms. The van der Waals surface area contributed by atoms with Crippen molar-refractivity contribution in [2.75, 3.05) is 13.2 Å². The monoisotopic (exact) mass is 275 g/mol. The molecule has 0 saturated carbocycles. The van der Waals surface area contributed by atoms with E-state index in [1.165, 1.54) is 0 Å². The van der Waals surface area contributed by atoms with E-state index in [1.54, 1.807) is 0 Å². The van der Waals surface area contributed by atoms with Gasteiger partial charge in [-0.2, -0.15) is 5.10 Å². The Kier molecular flexibility index (Phi) is 4.76. The smallest absolute Gasteiger partial charge is 0.0738 e. The second-order valence-corrected chi connectivity index (χ2v) is 4.40. The third-order valence-electron chi connectivity index (χ3n) is 2.40. The Morgan fingerprint density at radius 1 is 1.53 bits per heavy atom. The number of nitrogens with one attached hydrogen (secondary N) is 1. The number of aliphatic hydroxyl groups is 1. The molecule has 1 rings (SSSR count). The molecule has 4 nitrogen and oxygen atoms in total. The normalized spacial score (nSPS) is 13.1. The first-order valence-corrected chi connectivity index (χ1v) is 5.93. The predicted octanol–water partition coefficient (Wildman–Crippen LogP) is 1.23. The van der Waals surface area contributed by atoms with Gasteiger partial charge in [-0.25, -0.2) is 0 Å². The van der Waals surface area contributed by atoms with Gasteiger partial charge in [0.1, 0.15) is 0 Å². The number of nitrogens with zero attached hydrogens (tertiary/aromatic N) is 2. The number of aromatic nitrogens is 2. The van der Waals surface area contributed by atoms with E-state index in [0.29, 0.717) is 6.54 Å². The Bertz CT molecular complexity index is 325. The molecule has 86 valence electrons. The zero-order chi connectivity index (χ0) is 11.4. The van der Waals surface area contributed by atoms with E-state index in [2.05, 4.69) is 26.3 Å². The van der Waals surface area contributed by atoms with Crippen LogP contribution in [0.1, 0.15) is 18.3 Å². The summed E-state index contributed by atoms with van der Waals surface area (Å²) in [6.07, 6.45) is 0. The maximum absolute atomic E-state index is 9.17. The minimum atomic E-state index is 0.0694. The lowest BCUT2D eigenvalue weighted by Crippen LogP contribution is -2.36. The van der Waals surface area contributed by atoms with Crippen molar-refractivity contribution in [2.24, 2.45) is 0 Å². The van der Waals surface area contributed by atoms with Gasteiger partial charge < -0.3 is 10.4 Å². The van der Waals surface area contributed by atoms with E-state index >= 15 is 0 Å². The minimum absolute atomic E-state index is 0.0694. The summed E-state index contributed by atoms with van der Waals surface area (Å²) >= 11 is 3.48. The first kappa shape index (κ1) is 12.7. The van der Waals surface area contributed by atoms with Gasteiger partial charge in [0.25, 0.3) is 0 Å². The van der Waals surface area contributed by atoms with Crippen molar-refractivity contribution in [1.29, 1.82) is 0 Å². The average molecular weight is 276 g/mol. The van der Waals surface area contributed by atoms with Gasteiger partial charge in [0, 0.05) is 11.7 Å². The molecular formula is C10H18BrN3O. The van der Waals surface area contributed by atoms with Crippen molar-refractivity contribution in [3.8, 4) is 0 Å². The van der Waals surface area contributed by atoms with E-state index in [0.717, 1.165) is 22.4 Å². The molecule has 0 aromatic carbocycles. The maximum atomic E-state index is 9.17. The van der Waals surface area contributed by atoms with Gasteiger partial charge >= 0.3 is 0 Å². The molecular weight excluding hydrogens is 258 g/mol. The Hall–Kier alpha value is -0.390. The van der Waals surface area contributed by atoms with E-state index < -0.39 is 0 Å². The molecule has 0 spiro atoms. The van der Waals surface area contributed by atoms with Crippen LogP contribution in [0.2, 0.25) is 0 Å². The van der Waals surface area contributed by atoms with Crippen LogP contribution in [0.4, 0.5) is 0 Å². The fourth-order valence-corrected chi connectivity index (χ4v) is 1.82. The quantitative estimate of drug-likeness (QED) is 0.850. The predicted molar refractivity (Wildman–Crippen MR) is 64.0 cm³/mol. The average Bonchev–Trinajstić information content (AvgIpc) is 2.46. The second-order valence-electron chi connectivity index (χ2n) is 3.60. The fraction of sp³-hybridized carbons (Fsp3) is 0.700. The summed E-state index contributed by atoms with van der Waals surface area (Å²) in [5, 5.41) is 16.8. The largest absolute Gasteiger partial charge is 0.395 e. The fourth-order valence-electron chi connectivity index (χ4n) is 1.54. The standard InChI is InChI=1S/C10H18BrN3O/c1-4-12-9(6-15)5-14-8(3)10(11)7(2)13-14/h9,12,15H,4-6H2,1-3H3. The number of halogens is 1. The van der Waals surface area contributed by atoms with E-state index in [4.69, 9.17) is 0 Å². The number of aliphatic hydroxyl groups excluding tert-OH is 1. The summed E-state index contributed by atoms with van der Waals surface area (Å²) in [5.74, 6) is 0. The third-order valence-corrected chi connectivity index (χ3v) is 3.55. The lowest BCUT2D eigenvalue weighted by molar-refractivity contribution is 0.226. The van der Waals surface area contributed by atoms with Crippen LogP contribution in [0, 0.1) is 13.8 Å². The van der Waals surface area contributed by atoms with Gasteiger partial charge in [-0.15, -0.1) is 0 Å². The molecule has 0 amide bonds. The molecule has 0 saturated heterocycles. The highest BCUT2D eigenvalue weighted by Gasteiger charge is 2.12. The molecule has 15 heavy (non-hydrogen) atoms. The van der Waals surface area contributed by atoms with Crippen LogP contribution >= 0.6 is 15.9 Å². The van der Waals surface area contributed by atoms with Gasteiger partial charge in [0.15, 0.2) is 0 Å². The molecule has 0 aliphatic heterocycles. The zero-order valence-electron chi connectivity index (χ0n) is 9.42. The number of aryl methyl sites for hydroxylation is 1. The van der Waals surface area contributed by atoms with Crippen LogP contribution < -0.4 is 5.32 Å². The summed E-state index contributed by atoms with van der Waals surface area (Å²) in [4.78, 5) is 0. The van der Waals surface area contributed by atoms with Crippen LogP contribution in [0.5, 0.6) is 0 Å². The SMILES string of the molecule is CCNC(CO)Cn1nc(C)c(Br)c1C. The van der Waals surface area contributed by atoms with Crippen LogP contribution in [0.15, 0.2) is 4.47 Å². The lowest BCUT2D eigenvalue weighted by atomic mass is 10.3. The van der Waals surface area contributed by atoms with Gasteiger partial charge in [0.05, 0.1) is 23.3 Å². The summed E-state index contributed by atoms with van der Waals surface area (Å²) in [7, 11) is 0. The summed E-state index contributed by atoms with van der Waals surface area (Å²) in [6.45, 7) is 7.69. The Morgan fingerprint density at radius 3 is 2.60 bits per heavy atom. The maximum Gasteiger partial charge on any atom is 0.0738 e. The van der Waals surface area contributed by atoms with Crippen LogP contribution in [-0.2, 0) is 6.54 Å². The number of likely N-dealkylation sites (N-methyl/N-ethyl adjacent to an activating group) is 1. The number of hydrogen-bond acceptors (Lipinski definition) is 3. The van der Waals surface area contributed by atoms with Crippen LogP contribution in [0.3, 0.4) is 0 Å². The first-order chi connectivity index (χ1) is 7.10. The minimum Gasteiger partial charge on any atom is -0.395 e. The van der Waals surface area contributed by atoms with Gasteiger partial charge in [-0.05, 0) is 36.3 Å². The molecule has 1 aromatic rings. The number of hydrogen-bond donors (Lipinski definition) is 2. The molecule has 1 aromatic heterocycles. The molecule has 2 N–H and O–H groups in total. The summed E-state index contributed by atoms with van der Waals surface area (Å²) in [5.41, 5.74) is 2.09. The van der Waals surface area contributed by atoms with Crippen LogP contribution in [0.25, 0.3) is 0 Å². The van der Waals surface area contributed by atoms with Gasteiger partial charge in [0.2, 0.25) is 0 Å². The molecule has 1 atom stereocenters. The highest BCUT2D eigenvalue weighted by atomic mass is 79.9. The molecule has 0 aliphatic rings. The molecule has 0 radical (unpaired) electrons. The second kappa shape index (κ2) is 5.63. The molecule has 1 heterocycles. The van der Waals surface area contributed by atoms with Crippen molar-refractivity contribution >= 4 is 15.9 Å². The van der Waals surface area contributed by atoms with Gasteiger partial charge in [-0.1, -0.05) is 6.92 Å². The third kappa shape index (κ3) is 3.03. The molecule has 5 heteroatoms. The molecule has 0 fully saturated rings. The Morgan fingerprint density at radius 2 is 2.20 bits per heavy atom.